The molecule has 1 fully saturated rings. The van der Waals surface area contributed by atoms with E-state index in [1.807, 2.05) is 24.0 Å². The molecule has 2 aromatic rings. The van der Waals surface area contributed by atoms with Crippen molar-refractivity contribution in [3.63, 3.8) is 0 Å². The Morgan fingerprint density at radius 2 is 1.72 bits per heavy atom. The van der Waals surface area contributed by atoms with Gasteiger partial charge in [-0.05, 0) is 55.5 Å². The fourth-order valence-electron chi connectivity index (χ4n) is 4.03. The summed E-state index contributed by atoms with van der Waals surface area (Å²) in [5.74, 6) is -0.552. The van der Waals surface area contributed by atoms with Gasteiger partial charge in [0.05, 0.1) is 11.3 Å². The summed E-state index contributed by atoms with van der Waals surface area (Å²) in [5, 5.41) is 10.2. The minimum Gasteiger partial charge on any atom is -0.396 e. The molecular weight excluding hydrogens is 388 g/mol. The quantitative estimate of drug-likeness (QED) is 0.782. The molecule has 4 rings (SSSR count). The number of likely N-dealkylation sites (tertiary alicyclic amines) is 1. The molecule has 1 saturated heterocycles. The number of hydrogen-bond donors (Lipinski definition) is 1. The van der Waals surface area contributed by atoms with Crippen molar-refractivity contribution in [2.45, 2.75) is 19.8 Å². The molecule has 2 aromatic carbocycles. The van der Waals surface area contributed by atoms with Crippen molar-refractivity contribution >= 4 is 34.7 Å². The zero-order chi connectivity index (χ0) is 20.5. The van der Waals surface area contributed by atoms with Gasteiger partial charge < -0.3 is 10.0 Å². The molecule has 150 valence electrons. The van der Waals surface area contributed by atoms with Gasteiger partial charge in [-0.1, -0.05) is 41.4 Å². The Labute approximate surface area is 175 Å². The maximum atomic E-state index is 13.5. The van der Waals surface area contributed by atoms with Crippen molar-refractivity contribution in [2.24, 2.45) is 5.92 Å². The number of benzene rings is 2. The highest BCUT2D eigenvalue weighted by molar-refractivity contribution is 6.45. The molecule has 0 radical (unpaired) electrons. The lowest BCUT2D eigenvalue weighted by Crippen LogP contribution is -2.40. The third-order valence-electron chi connectivity index (χ3n) is 5.58. The van der Waals surface area contributed by atoms with E-state index < -0.39 is 0 Å². The predicted octanol–water partition coefficient (Wildman–Crippen LogP) is 3.64. The van der Waals surface area contributed by atoms with Gasteiger partial charge >= 0.3 is 0 Å². The van der Waals surface area contributed by atoms with Crippen LogP contribution >= 0.6 is 11.6 Å². The predicted molar refractivity (Wildman–Crippen MR) is 113 cm³/mol. The van der Waals surface area contributed by atoms with Crippen molar-refractivity contribution in [3.05, 3.63) is 70.4 Å². The van der Waals surface area contributed by atoms with Crippen LogP contribution in [-0.4, -0.2) is 41.5 Å². The van der Waals surface area contributed by atoms with Gasteiger partial charge in [0.25, 0.3) is 11.8 Å². The van der Waals surface area contributed by atoms with Crippen LogP contribution in [0.5, 0.6) is 0 Å². The monoisotopic (exact) mass is 410 g/mol. The van der Waals surface area contributed by atoms with Gasteiger partial charge in [0.15, 0.2) is 0 Å². The highest BCUT2D eigenvalue weighted by Gasteiger charge is 2.43. The van der Waals surface area contributed by atoms with Crippen molar-refractivity contribution < 1.29 is 14.7 Å². The van der Waals surface area contributed by atoms with Crippen molar-refractivity contribution in [1.29, 1.82) is 0 Å². The maximum absolute atomic E-state index is 13.5. The van der Waals surface area contributed by atoms with E-state index in [0.29, 0.717) is 40.6 Å². The number of piperidine rings is 1. The van der Waals surface area contributed by atoms with Crippen LogP contribution in [0.1, 0.15) is 24.0 Å². The maximum Gasteiger partial charge on any atom is 0.282 e. The lowest BCUT2D eigenvalue weighted by Gasteiger charge is -2.34. The molecule has 2 heterocycles. The molecule has 1 unspecified atom stereocenters. The second-order valence-corrected chi connectivity index (χ2v) is 8.09. The molecule has 2 aliphatic heterocycles. The van der Waals surface area contributed by atoms with E-state index in [-0.39, 0.29) is 24.3 Å². The first kappa shape index (κ1) is 19.7. The molecule has 1 atom stereocenters. The molecule has 0 aromatic heterocycles. The normalized spacial score (nSPS) is 20.0. The van der Waals surface area contributed by atoms with Gasteiger partial charge in [0, 0.05) is 24.7 Å². The summed E-state index contributed by atoms with van der Waals surface area (Å²) in [7, 11) is 0. The van der Waals surface area contributed by atoms with Crippen LogP contribution in [-0.2, 0) is 9.59 Å². The third kappa shape index (κ3) is 3.68. The largest absolute Gasteiger partial charge is 0.396 e. The van der Waals surface area contributed by atoms with Gasteiger partial charge in [-0.15, -0.1) is 0 Å². The van der Waals surface area contributed by atoms with Crippen LogP contribution in [0.15, 0.2) is 54.2 Å². The minimum atomic E-state index is -0.331. The number of aliphatic hydroxyl groups excluding tert-OH is 1. The highest BCUT2D eigenvalue weighted by Crippen LogP contribution is 2.36. The summed E-state index contributed by atoms with van der Waals surface area (Å²) in [4.78, 5) is 30.1. The summed E-state index contributed by atoms with van der Waals surface area (Å²) >= 11 is 6.03. The molecule has 5 nitrogen and oxygen atoms in total. The fraction of sp³-hybridized carbons (Fsp3) is 0.304. The minimum absolute atomic E-state index is 0.0733. The Balaban J connectivity index is 1.80. The van der Waals surface area contributed by atoms with Crippen LogP contribution in [0.3, 0.4) is 0 Å². The molecule has 29 heavy (non-hydrogen) atoms. The number of imide groups is 1. The fourth-order valence-corrected chi connectivity index (χ4v) is 4.16. The van der Waals surface area contributed by atoms with E-state index in [9.17, 15) is 14.7 Å². The van der Waals surface area contributed by atoms with Crippen LogP contribution in [0, 0.1) is 12.8 Å². The number of carbonyl (C=O) groups is 2. The Kier molecular flexibility index (Phi) is 5.43. The number of aliphatic hydroxyl groups is 1. The first-order valence-electron chi connectivity index (χ1n) is 9.81. The SMILES string of the molecule is Cc1ccc(N2C(=O)C(c3ccc(Cl)cc3)=C(N3CCCC(CO)C3)C2=O)cc1. The number of anilines is 1. The average Bonchev–Trinajstić information content (AvgIpc) is 2.99. The van der Waals surface area contributed by atoms with E-state index in [1.165, 1.54) is 4.90 Å². The van der Waals surface area contributed by atoms with E-state index in [2.05, 4.69) is 0 Å². The lowest BCUT2D eigenvalue weighted by atomic mass is 9.97. The number of carbonyl (C=O) groups excluding carboxylic acids is 2. The smallest absolute Gasteiger partial charge is 0.282 e. The molecule has 0 aliphatic carbocycles. The first-order chi connectivity index (χ1) is 14.0. The van der Waals surface area contributed by atoms with Gasteiger partial charge in [-0.25, -0.2) is 4.90 Å². The Morgan fingerprint density at radius 3 is 2.38 bits per heavy atom. The number of halogens is 1. The highest BCUT2D eigenvalue weighted by atomic mass is 35.5. The summed E-state index contributed by atoms with van der Waals surface area (Å²) in [5.41, 5.74) is 3.09. The molecule has 0 bridgehead atoms. The standard InChI is InChI=1S/C23H23ClN2O3/c1-15-4-10-19(11-5-15)26-22(28)20(17-6-8-18(24)9-7-17)21(23(26)29)25-12-2-3-16(13-25)14-27/h4-11,16,27H,2-3,12-14H2,1H3. The van der Waals surface area contributed by atoms with Gasteiger partial charge in [0.1, 0.15) is 5.70 Å². The van der Waals surface area contributed by atoms with Crippen molar-refractivity contribution in [3.8, 4) is 0 Å². The molecule has 2 aliphatic rings. The average molecular weight is 411 g/mol. The van der Waals surface area contributed by atoms with Crippen LogP contribution in [0.4, 0.5) is 5.69 Å². The van der Waals surface area contributed by atoms with E-state index >= 15 is 0 Å². The zero-order valence-electron chi connectivity index (χ0n) is 16.3. The van der Waals surface area contributed by atoms with Gasteiger partial charge in [-0.2, -0.15) is 0 Å². The van der Waals surface area contributed by atoms with E-state index in [0.717, 1.165) is 18.4 Å². The first-order valence-corrected chi connectivity index (χ1v) is 10.2. The van der Waals surface area contributed by atoms with Crippen molar-refractivity contribution in [2.75, 3.05) is 24.6 Å². The number of nitrogens with zero attached hydrogens (tertiary/aromatic N) is 2. The topological polar surface area (TPSA) is 60.9 Å². The molecule has 1 N–H and O–H groups in total. The molecule has 0 saturated carbocycles. The van der Waals surface area contributed by atoms with E-state index in [1.54, 1.807) is 36.4 Å². The van der Waals surface area contributed by atoms with Crippen LogP contribution in [0.2, 0.25) is 5.02 Å². The number of aryl methyl sites for hydroxylation is 1. The number of amides is 2. The van der Waals surface area contributed by atoms with Gasteiger partial charge in [0.2, 0.25) is 0 Å². The Morgan fingerprint density at radius 1 is 1.03 bits per heavy atom. The molecule has 6 heteroatoms. The van der Waals surface area contributed by atoms with Gasteiger partial charge in [-0.3, -0.25) is 9.59 Å². The van der Waals surface area contributed by atoms with Crippen molar-refractivity contribution in [1.82, 2.24) is 4.90 Å². The summed E-state index contributed by atoms with van der Waals surface area (Å²) < 4.78 is 0. The van der Waals surface area contributed by atoms with E-state index in [4.69, 9.17) is 11.6 Å². The second kappa shape index (κ2) is 8.01. The lowest BCUT2D eigenvalue weighted by molar-refractivity contribution is -0.120. The Bertz CT molecular complexity index is 967. The number of hydrogen-bond acceptors (Lipinski definition) is 4. The summed E-state index contributed by atoms with van der Waals surface area (Å²) in [6.07, 6.45) is 1.79. The van der Waals surface area contributed by atoms with Crippen LogP contribution in [0.25, 0.3) is 5.57 Å². The second-order valence-electron chi connectivity index (χ2n) is 7.65. The van der Waals surface area contributed by atoms with Crippen LogP contribution < -0.4 is 4.90 Å². The Hall–Kier alpha value is -2.63. The molecular formula is C23H23ClN2O3. The molecule has 0 spiro atoms. The number of rotatable bonds is 4. The zero-order valence-corrected chi connectivity index (χ0v) is 17.0. The molecule has 2 amide bonds. The third-order valence-corrected chi connectivity index (χ3v) is 5.83. The summed E-state index contributed by atoms with van der Waals surface area (Å²) in [6, 6.07) is 14.3. The summed E-state index contributed by atoms with van der Waals surface area (Å²) in [6.45, 7) is 3.28.